The maximum absolute atomic E-state index is 14.3. The molecule has 0 bridgehead atoms. The Kier molecular flexibility index (Phi) is 7.21. The summed E-state index contributed by atoms with van der Waals surface area (Å²) in [6, 6.07) is 3.42. The highest BCUT2D eigenvalue weighted by Gasteiger charge is 2.38. The molecule has 3 N–H and O–H groups in total. The van der Waals surface area contributed by atoms with Gasteiger partial charge in [0.1, 0.15) is 5.82 Å². The topological polar surface area (TPSA) is 115 Å². The van der Waals surface area contributed by atoms with E-state index in [0.717, 1.165) is 37.3 Å². The van der Waals surface area contributed by atoms with Crippen molar-refractivity contribution >= 4 is 34.8 Å². The second-order valence-corrected chi connectivity index (χ2v) is 8.76. The summed E-state index contributed by atoms with van der Waals surface area (Å²) >= 11 is 0. The first-order valence-electron chi connectivity index (χ1n) is 11.4. The third kappa shape index (κ3) is 5.74. The van der Waals surface area contributed by atoms with E-state index in [1.54, 1.807) is 34.8 Å². The number of amides is 2. The van der Waals surface area contributed by atoms with Gasteiger partial charge in [-0.3, -0.25) is 4.90 Å². The number of carboxylic acid groups (broad SMARTS) is 1. The summed E-state index contributed by atoms with van der Waals surface area (Å²) in [6.45, 7) is 7.30. The second kappa shape index (κ2) is 10.2. The number of carbonyl (C=O) groups excluding carboxylic acids is 1. The van der Waals surface area contributed by atoms with Gasteiger partial charge in [0.15, 0.2) is 11.5 Å². The molecule has 2 amide bonds. The van der Waals surface area contributed by atoms with Crippen molar-refractivity contribution in [3.05, 3.63) is 47.8 Å². The molecule has 3 aromatic heterocycles. The summed E-state index contributed by atoms with van der Waals surface area (Å²) in [4.78, 5) is 34.5. The van der Waals surface area contributed by atoms with Gasteiger partial charge in [-0.25, -0.2) is 23.9 Å². The third-order valence-electron chi connectivity index (χ3n) is 5.92. The van der Waals surface area contributed by atoms with Gasteiger partial charge in [-0.1, -0.05) is 0 Å². The molecule has 1 saturated heterocycles. The van der Waals surface area contributed by atoms with E-state index in [0.29, 0.717) is 29.8 Å². The molecule has 0 spiro atoms. The number of hydrogen-bond acceptors (Lipinski definition) is 6. The highest BCUT2D eigenvalue weighted by atomic mass is 19.4. The molecule has 1 atom stereocenters. The van der Waals surface area contributed by atoms with E-state index < -0.39 is 18.0 Å². The number of carboxylic acids is 1. The summed E-state index contributed by atoms with van der Waals surface area (Å²) in [5.41, 5.74) is 3.57. The van der Waals surface area contributed by atoms with Crippen LogP contribution in [0.5, 0.6) is 0 Å². The van der Waals surface area contributed by atoms with Gasteiger partial charge in [0.05, 0.1) is 11.4 Å². The molecule has 2 aliphatic heterocycles. The lowest BCUT2D eigenvalue weighted by atomic mass is 10.1. The lowest BCUT2D eigenvalue weighted by Gasteiger charge is -2.34. The maximum atomic E-state index is 14.3. The monoisotopic (exact) mass is 523 g/mol. The number of nitrogens with one attached hydrogen (secondary N) is 2. The van der Waals surface area contributed by atoms with Crippen molar-refractivity contribution in [3.8, 4) is 0 Å². The number of aliphatic carboxylic acids is 1. The first kappa shape index (κ1) is 26.1. The summed E-state index contributed by atoms with van der Waals surface area (Å²) in [7, 11) is 0. The number of fused-ring (bicyclic) bond motifs is 2. The highest BCUT2D eigenvalue weighted by molar-refractivity contribution is 6.03. The Morgan fingerprint density at radius 2 is 1.97 bits per heavy atom. The minimum atomic E-state index is -5.08. The van der Waals surface area contributed by atoms with Crippen molar-refractivity contribution in [1.29, 1.82) is 0 Å². The van der Waals surface area contributed by atoms with Gasteiger partial charge < -0.3 is 25.0 Å². The van der Waals surface area contributed by atoms with Gasteiger partial charge in [0, 0.05) is 68.1 Å². The van der Waals surface area contributed by atoms with Crippen LogP contribution < -0.4 is 20.4 Å². The number of pyridine rings is 2. The van der Waals surface area contributed by atoms with Crippen LogP contribution in [0, 0.1) is 12.7 Å². The molecule has 198 valence electrons. The fourth-order valence-electron chi connectivity index (χ4n) is 4.36. The van der Waals surface area contributed by atoms with Gasteiger partial charge in [0.2, 0.25) is 0 Å². The minimum absolute atomic E-state index is 0.244. The first-order valence-corrected chi connectivity index (χ1v) is 11.4. The largest absolute Gasteiger partial charge is 0.490 e. The number of halogens is 4. The molecular formula is C23H25F4N7O3. The van der Waals surface area contributed by atoms with Crippen LogP contribution in [0.4, 0.5) is 39.5 Å². The zero-order chi connectivity index (χ0) is 26.9. The summed E-state index contributed by atoms with van der Waals surface area (Å²) in [5, 5.41) is 13.4. The number of urea groups is 1. The normalized spacial score (nSPS) is 17.3. The van der Waals surface area contributed by atoms with Crippen LogP contribution in [0.2, 0.25) is 0 Å². The molecule has 37 heavy (non-hydrogen) atoms. The van der Waals surface area contributed by atoms with Crippen LogP contribution in [0.1, 0.15) is 18.2 Å². The summed E-state index contributed by atoms with van der Waals surface area (Å²) < 4.78 is 47.7. The molecule has 0 unspecified atom stereocenters. The SMILES string of the molecule is Cc1cn2cc(NC(=O)N3CCc4c(N5CCN[C@@H](C)C5)ccnc43)cc(F)c2n1.O=C(O)C(F)(F)F. The smallest absolute Gasteiger partial charge is 0.475 e. The Morgan fingerprint density at radius 3 is 2.65 bits per heavy atom. The Balaban J connectivity index is 0.000000405. The molecular weight excluding hydrogens is 498 g/mol. The number of aryl methyl sites for hydroxylation is 1. The Labute approximate surface area is 208 Å². The van der Waals surface area contributed by atoms with E-state index in [1.165, 1.54) is 6.07 Å². The molecule has 5 heterocycles. The predicted molar refractivity (Wildman–Crippen MR) is 128 cm³/mol. The van der Waals surface area contributed by atoms with E-state index in [4.69, 9.17) is 9.90 Å². The minimum Gasteiger partial charge on any atom is -0.475 e. The van der Waals surface area contributed by atoms with Gasteiger partial charge >= 0.3 is 18.2 Å². The van der Waals surface area contributed by atoms with Gasteiger partial charge in [0.25, 0.3) is 0 Å². The number of imidazole rings is 1. The zero-order valence-corrected chi connectivity index (χ0v) is 20.0. The highest BCUT2D eigenvalue weighted by Crippen LogP contribution is 2.34. The Morgan fingerprint density at radius 1 is 1.24 bits per heavy atom. The first-order chi connectivity index (χ1) is 17.4. The van der Waals surface area contributed by atoms with Gasteiger partial charge in [-0.05, 0) is 26.3 Å². The van der Waals surface area contributed by atoms with Crippen molar-refractivity contribution in [2.75, 3.05) is 41.3 Å². The number of nitrogens with zero attached hydrogens (tertiary/aromatic N) is 5. The zero-order valence-electron chi connectivity index (χ0n) is 20.0. The van der Waals surface area contributed by atoms with E-state index >= 15 is 0 Å². The lowest BCUT2D eigenvalue weighted by molar-refractivity contribution is -0.192. The molecule has 2 aliphatic rings. The average molecular weight is 523 g/mol. The molecule has 14 heteroatoms. The molecule has 1 fully saturated rings. The van der Waals surface area contributed by atoms with E-state index in [-0.39, 0.29) is 11.7 Å². The van der Waals surface area contributed by atoms with Crippen LogP contribution in [-0.2, 0) is 11.2 Å². The Bertz CT molecular complexity index is 1330. The van der Waals surface area contributed by atoms with Crippen LogP contribution in [-0.4, -0.2) is 69.9 Å². The second-order valence-electron chi connectivity index (χ2n) is 8.76. The van der Waals surface area contributed by atoms with Crippen molar-refractivity contribution in [2.45, 2.75) is 32.5 Å². The van der Waals surface area contributed by atoms with Crippen LogP contribution in [0.3, 0.4) is 0 Å². The van der Waals surface area contributed by atoms with Crippen molar-refractivity contribution < 1.29 is 32.3 Å². The molecule has 0 radical (unpaired) electrons. The van der Waals surface area contributed by atoms with Crippen molar-refractivity contribution in [3.63, 3.8) is 0 Å². The van der Waals surface area contributed by atoms with Gasteiger partial charge in [-0.15, -0.1) is 0 Å². The molecule has 0 aromatic carbocycles. The molecule has 3 aromatic rings. The fourth-order valence-corrected chi connectivity index (χ4v) is 4.36. The lowest BCUT2D eigenvalue weighted by Crippen LogP contribution is -2.49. The standard InChI is InChI=1S/C21H24FN7O.C2HF3O2/c1-13-10-27(8-6-23-13)18-3-5-24-19-16(18)4-7-29(19)21(30)26-15-9-17(22)20-25-14(2)11-28(20)12-15;3-2(4,5)1(6)7/h3,5,9,11-13,23H,4,6-8,10H2,1-2H3,(H,26,30);(H,6,7)/t13-;/m0./s1. The number of hydrogen-bond donors (Lipinski definition) is 3. The third-order valence-corrected chi connectivity index (χ3v) is 5.92. The molecule has 0 aliphatic carbocycles. The molecule has 0 saturated carbocycles. The average Bonchev–Trinajstić information content (AvgIpc) is 3.42. The number of alkyl halides is 3. The van der Waals surface area contributed by atoms with Crippen molar-refractivity contribution in [2.24, 2.45) is 0 Å². The summed E-state index contributed by atoms with van der Waals surface area (Å²) in [6.07, 6.45) is 0.811. The van der Waals surface area contributed by atoms with Crippen LogP contribution in [0.15, 0.2) is 30.7 Å². The maximum Gasteiger partial charge on any atom is 0.490 e. The number of anilines is 3. The molecule has 5 rings (SSSR count). The van der Waals surface area contributed by atoms with Gasteiger partial charge in [-0.2, -0.15) is 13.2 Å². The fraction of sp³-hybridized carbons (Fsp3) is 0.391. The number of rotatable bonds is 2. The number of piperazine rings is 1. The quantitative estimate of drug-likeness (QED) is 0.442. The van der Waals surface area contributed by atoms with E-state index in [2.05, 4.69) is 32.4 Å². The number of aromatic nitrogens is 3. The van der Waals surface area contributed by atoms with E-state index in [9.17, 15) is 22.4 Å². The molecule has 10 nitrogen and oxygen atoms in total. The predicted octanol–water partition coefficient (Wildman–Crippen LogP) is 3.20. The van der Waals surface area contributed by atoms with Crippen LogP contribution >= 0.6 is 0 Å². The van der Waals surface area contributed by atoms with E-state index in [1.807, 2.05) is 6.07 Å². The Hall–Kier alpha value is -3.94. The van der Waals surface area contributed by atoms with Crippen LogP contribution in [0.25, 0.3) is 5.65 Å². The number of carbonyl (C=O) groups is 2. The van der Waals surface area contributed by atoms with Crippen molar-refractivity contribution in [1.82, 2.24) is 19.7 Å². The summed E-state index contributed by atoms with van der Waals surface area (Å²) in [5.74, 6) is -2.56.